The Kier molecular flexibility index (Phi) is 5.89. The third kappa shape index (κ3) is 4.52. The molecular weight excluding hydrogens is 435 g/mol. The first-order chi connectivity index (χ1) is 14.8. The van der Waals surface area contributed by atoms with E-state index in [1.54, 1.807) is 22.9 Å². The van der Waals surface area contributed by atoms with Crippen molar-refractivity contribution in [3.05, 3.63) is 81.2 Å². The largest absolute Gasteiger partial charge is 0.326 e. The molecule has 1 N–H and O–H groups in total. The molecule has 2 aromatic carbocycles. The minimum Gasteiger partial charge on any atom is -0.326 e. The lowest BCUT2D eigenvalue weighted by Crippen LogP contribution is -2.15. The number of halogens is 2. The zero-order valence-electron chi connectivity index (χ0n) is 17.2. The first-order valence-electron chi connectivity index (χ1n) is 9.65. The molecule has 8 heteroatoms. The lowest BCUT2D eigenvalue weighted by Gasteiger charge is -2.07. The van der Waals surface area contributed by atoms with Gasteiger partial charge in [0.25, 0.3) is 0 Å². The Morgan fingerprint density at radius 2 is 1.90 bits per heavy atom. The van der Waals surface area contributed by atoms with Gasteiger partial charge in [0.15, 0.2) is 0 Å². The third-order valence-electron chi connectivity index (χ3n) is 5.05. The van der Waals surface area contributed by atoms with Crippen LogP contribution in [-0.4, -0.2) is 20.7 Å². The number of carbonyl (C=O) groups excluding carboxylic acids is 1. The molecule has 0 unspecified atom stereocenters. The smallest absolute Gasteiger partial charge is 0.228 e. The maximum absolute atomic E-state index is 13.2. The topological polar surface area (TPSA) is 59.8 Å². The van der Waals surface area contributed by atoms with Crippen LogP contribution in [-0.2, 0) is 11.2 Å². The molecule has 31 heavy (non-hydrogen) atoms. The summed E-state index contributed by atoms with van der Waals surface area (Å²) < 4.78 is 14.9. The van der Waals surface area contributed by atoms with Crippen LogP contribution in [0.3, 0.4) is 0 Å². The molecule has 4 rings (SSSR count). The van der Waals surface area contributed by atoms with Gasteiger partial charge in [-0.15, -0.1) is 11.3 Å². The Morgan fingerprint density at radius 1 is 1.16 bits per heavy atom. The van der Waals surface area contributed by atoms with E-state index in [2.05, 4.69) is 15.4 Å². The van der Waals surface area contributed by atoms with E-state index < -0.39 is 0 Å². The molecule has 0 aliphatic heterocycles. The highest BCUT2D eigenvalue weighted by molar-refractivity contribution is 7.12. The van der Waals surface area contributed by atoms with Gasteiger partial charge in [0.2, 0.25) is 11.0 Å². The average molecular weight is 455 g/mol. The van der Waals surface area contributed by atoms with E-state index in [0.29, 0.717) is 15.8 Å². The lowest BCUT2D eigenvalue weighted by molar-refractivity contribution is -0.115. The third-order valence-corrected chi connectivity index (χ3v) is 6.27. The van der Waals surface area contributed by atoms with Crippen molar-refractivity contribution in [3.63, 3.8) is 0 Å². The summed E-state index contributed by atoms with van der Waals surface area (Å²) in [5.41, 5.74) is 5.69. The predicted molar refractivity (Wildman–Crippen MR) is 123 cm³/mol. The van der Waals surface area contributed by atoms with Crippen LogP contribution in [0.1, 0.15) is 22.5 Å². The number of nitrogens with one attached hydrogen (secondary N) is 1. The van der Waals surface area contributed by atoms with Gasteiger partial charge in [0, 0.05) is 32.9 Å². The van der Waals surface area contributed by atoms with Crippen molar-refractivity contribution in [1.82, 2.24) is 14.8 Å². The fourth-order valence-corrected chi connectivity index (χ4v) is 4.28. The zero-order chi connectivity index (χ0) is 22.1. The van der Waals surface area contributed by atoms with Gasteiger partial charge in [0.05, 0.1) is 17.8 Å². The van der Waals surface area contributed by atoms with Gasteiger partial charge < -0.3 is 5.32 Å². The monoisotopic (exact) mass is 454 g/mol. The fraction of sp³-hybridized carbons (Fsp3) is 0.174. The second-order valence-electron chi connectivity index (χ2n) is 7.27. The van der Waals surface area contributed by atoms with Gasteiger partial charge in [-0.05, 0) is 62.7 Å². The van der Waals surface area contributed by atoms with Crippen LogP contribution >= 0.6 is 22.9 Å². The molecule has 2 heterocycles. The highest BCUT2D eigenvalue weighted by Crippen LogP contribution is 2.27. The van der Waals surface area contributed by atoms with E-state index >= 15 is 0 Å². The van der Waals surface area contributed by atoms with Crippen molar-refractivity contribution in [2.45, 2.75) is 27.2 Å². The highest BCUT2D eigenvalue weighted by atomic mass is 35.5. The number of hydrogen-bond donors (Lipinski definition) is 1. The second-order valence-corrected chi connectivity index (χ2v) is 8.52. The zero-order valence-corrected chi connectivity index (χ0v) is 18.8. The van der Waals surface area contributed by atoms with Crippen LogP contribution in [0.5, 0.6) is 0 Å². The number of anilines is 1. The minimum absolute atomic E-state index is 0.142. The molecule has 2 aromatic heterocycles. The number of carbonyl (C=O) groups is 1. The number of hydrogen-bond acceptors (Lipinski definition) is 4. The van der Waals surface area contributed by atoms with Crippen LogP contribution in [0.4, 0.5) is 10.1 Å². The first kappa shape index (κ1) is 21.2. The van der Waals surface area contributed by atoms with Gasteiger partial charge in [-0.2, -0.15) is 5.10 Å². The minimum atomic E-state index is -0.284. The van der Waals surface area contributed by atoms with Crippen molar-refractivity contribution in [2.75, 3.05) is 5.32 Å². The van der Waals surface area contributed by atoms with Crippen LogP contribution < -0.4 is 5.32 Å². The van der Waals surface area contributed by atoms with Gasteiger partial charge in [-0.25, -0.2) is 14.1 Å². The van der Waals surface area contributed by atoms with Gasteiger partial charge >= 0.3 is 0 Å². The molecule has 0 bridgehead atoms. The van der Waals surface area contributed by atoms with Crippen molar-refractivity contribution in [1.29, 1.82) is 0 Å². The summed E-state index contributed by atoms with van der Waals surface area (Å²) in [5.74, 6) is -0.426. The molecule has 5 nitrogen and oxygen atoms in total. The standard InChI is InChI=1S/C23H20ClFN4OS/c1-13-4-9-18(10-20(13)24)26-22(30)11-19-14(2)28-29(15(19)3)23-27-21(12-31-23)16-5-7-17(25)8-6-16/h4-10,12H,11H2,1-3H3,(H,26,30). The Morgan fingerprint density at radius 3 is 2.61 bits per heavy atom. The number of amides is 1. The normalized spacial score (nSPS) is 11.0. The molecule has 0 saturated heterocycles. The SMILES string of the molecule is Cc1ccc(NC(=O)Cc2c(C)nn(-c3nc(-c4ccc(F)cc4)cs3)c2C)cc1Cl. The fourth-order valence-electron chi connectivity index (χ4n) is 3.27. The quantitative estimate of drug-likeness (QED) is 0.408. The van der Waals surface area contributed by atoms with Gasteiger partial charge in [0.1, 0.15) is 5.82 Å². The lowest BCUT2D eigenvalue weighted by atomic mass is 10.1. The molecule has 0 radical (unpaired) electrons. The number of nitrogens with zero attached hydrogens (tertiary/aromatic N) is 3. The van der Waals surface area contributed by atoms with Crippen molar-refractivity contribution < 1.29 is 9.18 Å². The molecule has 0 aliphatic carbocycles. The van der Waals surface area contributed by atoms with E-state index in [4.69, 9.17) is 11.6 Å². The highest BCUT2D eigenvalue weighted by Gasteiger charge is 2.18. The second kappa shape index (κ2) is 8.61. The number of benzene rings is 2. The Bertz CT molecular complexity index is 1260. The predicted octanol–water partition coefficient (Wildman–Crippen LogP) is 5.89. The van der Waals surface area contributed by atoms with E-state index in [1.807, 2.05) is 38.3 Å². The molecule has 0 aliphatic rings. The van der Waals surface area contributed by atoms with E-state index in [0.717, 1.165) is 33.8 Å². The average Bonchev–Trinajstić information content (AvgIpc) is 3.32. The Balaban J connectivity index is 1.54. The summed E-state index contributed by atoms with van der Waals surface area (Å²) in [7, 11) is 0. The molecule has 1 amide bonds. The van der Waals surface area contributed by atoms with Crippen LogP contribution in [0.2, 0.25) is 5.02 Å². The molecule has 0 saturated carbocycles. The van der Waals surface area contributed by atoms with Gasteiger partial charge in [-0.1, -0.05) is 17.7 Å². The number of aryl methyl sites for hydroxylation is 2. The van der Waals surface area contributed by atoms with Gasteiger partial charge in [-0.3, -0.25) is 4.79 Å². The summed E-state index contributed by atoms with van der Waals surface area (Å²) in [5, 5.41) is 10.7. The molecule has 158 valence electrons. The molecule has 0 atom stereocenters. The first-order valence-corrected chi connectivity index (χ1v) is 10.9. The van der Waals surface area contributed by atoms with Crippen LogP contribution in [0.25, 0.3) is 16.4 Å². The molecule has 4 aromatic rings. The maximum Gasteiger partial charge on any atom is 0.228 e. The van der Waals surface area contributed by atoms with Crippen molar-refractivity contribution in [3.8, 4) is 16.4 Å². The van der Waals surface area contributed by atoms with E-state index in [-0.39, 0.29) is 18.1 Å². The summed E-state index contributed by atoms with van der Waals surface area (Å²) >= 11 is 7.59. The van der Waals surface area contributed by atoms with Crippen molar-refractivity contribution >= 4 is 34.5 Å². The van der Waals surface area contributed by atoms with E-state index in [9.17, 15) is 9.18 Å². The summed E-state index contributed by atoms with van der Waals surface area (Å²) in [4.78, 5) is 17.3. The van der Waals surface area contributed by atoms with E-state index in [1.165, 1.54) is 23.5 Å². The molecule has 0 fully saturated rings. The summed E-state index contributed by atoms with van der Waals surface area (Å²) in [6.45, 7) is 5.71. The summed E-state index contributed by atoms with van der Waals surface area (Å²) in [6.07, 6.45) is 0.194. The number of aromatic nitrogens is 3. The number of thiazole rings is 1. The maximum atomic E-state index is 13.2. The van der Waals surface area contributed by atoms with Crippen LogP contribution in [0.15, 0.2) is 47.8 Å². The number of rotatable bonds is 5. The molecular formula is C23H20ClFN4OS. The molecule has 0 spiro atoms. The Hall–Kier alpha value is -3.03. The van der Waals surface area contributed by atoms with Crippen LogP contribution in [0, 0.1) is 26.6 Å². The van der Waals surface area contributed by atoms with Crippen molar-refractivity contribution in [2.24, 2.45) is 0 Å². The Labute approximate surface area is 188 Å². The summed E-state index contributed by atoms with van der Waals surface area (Å²) in [6, 6.07) is 11.7.